The molecule has 384 valence electrons. The zero-order valence-corrected chi connectivity index (χ0v) is 44.9. The van der Waals surface area contributed by atoms with Crippen LogP contribution in [0.25, 0.3) is 83.5 Å². The Bertz CT molecular complexity index is 4030. The molecule has 0 atom stereocenters. The third kappa shape index (κ3) is 11.1. The maximum Gasteiger partial charge on any atom is 0.0473 e. The average molecular weight is 1040 g/mol. The highest BCUT2D eigenvalue weighted by Crippen LogP contribution is 2.43. The van der Waals surface area contributed by atoms with Crippen molar-refractivity contribution in [2.24, 2.45) is 0 Å². The molecule has 13 rings (SSSR count). The third-order valence-electron chi connectivity index (χ3n) is 15.3. The first-order chi connectivity index (χ1) is 40.1. The first-order valence-corrected chi connectivity index (χ1v) is 27.8. The summed E-state index contributed by atoms with van der Waals surface area (Å²) in [6.45, 7) is 0. The van der Waals surface area contributed by atoms with E-state index in [0.29, 0.717) is 0 Å². The molecule has 1 aliphatic rings. The molecule has 0 radical (unpaired) electrons. The number of benzene rings is 12. The molecule has 0 N–H and O–H groups in total. The zero-order chi connectivity index (χ0) is 54.2. The molecule has 1 aliphatic carbocycles. The molecule has 0 saturated carbocycles. The van der Waals surface area contributed by atoms with Crippen molar-refractivity contribution < 1.29 is 0 Å². The van der Waals surface area contributed by atoms with Crippen LogP contribution in [0.3, 0.4) is 0 Å². The van der Waals surface area contributed by atoms with Crippen LogP contribution in [0.2, 0.25) is 0 Å². The van der Waals surface area contributed by atoms with E-state index in [1.165, 1.54) is 55.6 Å². The van der Waals surface area contributed by atoms with Crippen LogP contribution in [-0.2, 0) is 0 Å². The number of anilines is 6. The summed E-state index contributed by atoms with van der Waals surface area (Å²) in [4.78, 5) is 4.78. The van der Waals surface area contributed by atoms with Crippen molar-refractivity contribution in [1.82, 2.24) is 0 Å². The van der Waals surface area contributed by atoms with Crippen molar-refractivity contribution in [2.45, 2.75) is 6.42 Å². The molecule has 0 aliphatic heterocycles. The molecule has 0 heterocycles. The van der Waals surface area contributed by atoms with E-state index >= 15 is 0 Å². The van der Waals surface area contributed by atoms with Gasteiger partial charge in [0, 0.05) is 34.1 Å². The van der Waals surface area contributed by atoms with Crippen LogP contribution in [0.4, 0.5) is 34.1 Å². The van der Waals surface area contributed by atoms with Gasteiger partial charge in [-0.15, -0.1) is 0 Å². The van der Waals surface area contributed by atoms with E-state index in [2.05, 4.69) is 350 Å². The number of allylic oxidation sites excluding steroid dienone is 6. The van der Waals surface area contributed by atoms with E-state index < -0.39 is 0 Å². The fourth-order valence-electron chi connectivity index (χ4n) is 11.1. The Labute approximate surface area is 476 Å². The van der Waals surface area contributed by atoms with Crippen LogP contribution < -0.4 is 9.80 Å². The van der Waals surface area contributed by atoms with Crippen molar-refractivity contribution in [3.63, 3.8) is 0 Å². The quantitative estimate of drug-likeness (QED) is 0.107. The molecule has 12 aromatic carbocycles. The Kier molecular flexibility index (Phi) is 14.3. The maximum absolute atomic E-state index is 2.39. The van der Waals surface area contributed by atoms with Gasteiger partial charge in [-0.1, -0.05) is 255 Å². The lowest BCUT2D eigenvalue weighted by atomic mass is 9.96. The van der Waals surface area contributed by atoms with E-state index in [9.17, 15) is 0 Å². The minimum Gasteiger partial charge on any atom is -0.310 e. The minimum absolute atomic E-state index is 0.899. The normalized spacial score (nSPS) is 11.9. The summed E-state index contributed by atoms with van der Waals surface area (Å²) in [5.74, 6) is 0. The summed E-state index contributed by atoms with van der Waals surface area (Å²) >= 11 is 0. The topological polar surface area (TPSA) is 6.48 Å². The van der Waals surface area contributed by atoms with Gasteiger partial charge >= 0.3 is 0 Å². The molecule has 0 spiro atoms. The predicted molar refractivity (Wildman–Crippen MR) is 345 cm³/mol. The van der Waals surface area contributed by atoms with Gasteiger partial charge in [-0.2, -0.15) is 0 Å². The Morgan fingerprint density at radius 3 is 0.728 bits per heavy atom. The molecular weight excluding hydrogens is 977 g/mol. The highest BCUT2D eigenvalue weighted by atomic mass is 15.1. The van der Waals surface area contributed by atoms with Gasteiger partial charge in [0.2, 0.25) is 0 Å². The molecule has 0 bridgehead atoms. The van der Waals surface area contributed by atoms with Crippen LogP contribution in [-0.4, -0.2) is 0 Å². The standard InChI is InChI=1S/C79H58N2/c1-2-9-21-58(20-8-1)66-36-44-74(45-37-66)80(78-54-70(60-24-12-4-13-25-60)52-71(55-78)61-26-14-5-15-27-61)76-48-40-68(41-49-76)64-32-34-65(35-33-64)69-42-50-77(51-43-69)81(75-46-38-67(39-47-75)59-22-10-3-11-23-59)79-56-72(62-28-16-6-17-29-62)53-73(57-79)63-30-18-7-19-31-63/h1-20,22-57H,21H2. The van der Waals surface area contributed by atoms with Gasteiger partial charge in [0.25, 0.3) is 0 Å². The van der Waals surface area contributed by atoms with E-state index in [4.69, 9.17) is 0 Å². The van der Waals surface area contributed by atoms with Gasteiger partial charge in [0.1, 0.15) is 0 Å². The van der Waals surface area contributed by atoms with Gasteiger partial charge in [0.05, 0.1) is 0 Å². The summed E-state index contributed by atoms with van der Waals surface area (Å²) in [5.41, 5.74) is 25.4. The van der Waals surface area contributed by atoms with Crippen molar-refractivity contribution in [2.75, 3.05) is 9.80 Å². The summed E-state index contributed by atoms with van der Waals surface area (Å²) < 4.78 is 0. The molecule has 12 aromatic rings. The van der Waals surface area contributed by atoms with Gasteiger partial charge < -0.3 is 9.80 Å². The lowest BCUT2D eigenvalue weighted by molar-refractivity contribution is 1.28. The number of rotatable bonds is 14. The van der Waals surface area contributed by atoms with Crippen LogP contribution in [0.15, 0.2) is 340 Å². The monoisotopic (exact) mass is 1030 g/mol. The molecule has 2 nitrogen and oxygen atoms in total. The highest BCUT2D eigenvalue weighted by Gasteiger charge is 2.19. The maximum atomic E-state index is 2.39. The molecule has 0 unspecified atom stereocenters. The van der Waals surface area contributed by atoms with E-state index in [0.717, 1.165) is 73.9 Å². The predicted octanol–water partition coefficient (Wildman–Crippen LogP) is 22.2. The highest BCUT2D eigenvalue weighted by molar-refractivity contribution is 5.89. The first kappa shape index (κ1) is 50.0. The summed E-state index contributed by atoms with van der Waals surface area (Å²) in [6.07, 6.45) is 11.7. The van der Waals surface area contributed by atoms with Crippen molar-refractivity contribution >= 4 is 39.7 Å². The van der Waals surface area contributed by atoms with Crippen LogP contribution in [0, 0.1) is 0 Å². The van der Waals surface area contributed by atoms with E-state index in [1.54, 1.807) is 0 Å². The molecule has 81 heavy (non-hydrogen) atoms. The number of nitrogens with zero attached hydrogens (tertiary/aromatic N) is 2. The Morgan fingerprint density at radius 2 is 0.432 bits per heavy atom. The van der Waals surface area contributed by atoms with Crippen LogP contribution >= 0.6 is 0 Å². The van der Waals surface area contributed by atoms with Crippen molar-refractivity contribution in [3.05, 3.63) is 345 Å². The van der Waals surface area contributed by atoms with Gasteiger partial charge in [-0.05, 0) is 180 Å². The fraction of sp³-hybridized carbons (Fsp3) is 0.0127. The fourth-order valence-corrected chi connectivity index (χ4v) is 11.1. The van der Waals surface area contributed by atoms with E-state index in [1.807, 2.05) is 0 Å². The molecule has 0 amide bonds. The minimum atomic E-state index is 0.899. The second kappa shape index (κ2) is 23.2. The smallest absolute Gasteiger partial charge is 0.0473 e. The lowest BCUT2D eigenvalue weighted by Crippen LogP contribution is -2.10. The van der Waals surface area contributed by atoms with Crippen molar-refractivity contribution in [1.29, 1.82) is 0 Å². The molecule has 2 heteroatoms. The largest absolute Gasteiger partial charge is 0.310 e. The SMILES string of the molecule is C1=CC=C(c2ccc(N(c3ccc(-c4ccc(-c5ccc(N(c6ccc(-c7ccccc7)cc6)c6cc(-c7ccccc7)cc(-c7ccccc7)c6)cc5)cc4)cc3)c3cc(-c4ccccc4)cc(-c4ccccc4)c3)cc2)CC=C1. The lowest BCUT2D eigenvalue weighted by Gasteiger charge is -2.27. The summed E-state index contributed by atoms with van der Waals surface area (Å²) in [5, 5.41) is 0. The van der Waals surface area contributed by atoms with Crippen LogP contribution in [0.5, 0.6) is 0 Å². The molecule has 0 fully saturated rings. The summed E-state index contributed by atoms with van der Waals surface area (Å²) in [7, 11) is 0. The Hall–Kier alpha value is -10.5. The molecule has 0 aromatic heterocycles. The zero-order valence-electron chi connectivity index (χ0n) is 44.9. The number of hydrogen-bond donors (Lipinski definition) is 0. The second-order valence-electron chi connectivity index (χ2n) is 20.5. The number of hydrogen-bond acceptors (Lipinski definition) is 2. The Morgan fingerprint density at radius 1 is 0.185 bits per heavy atom. The third-order valence-corrected chi connectivity index (χ3v) is 15.3. The molecular formula is C79H58N2. The average Bonchev–Trinajstić information content (AvgIpc) is 3.86. The summed E-state index contributed by atoms with van der Waals surface area (Å²) in [6, 6.07) is 112. The van der Waals surface area contributed by atoms with E-state index in [-0.39, 0.29) is 0 Å². The van der Waals surface area contributed by atoms with Gasteiger partial charge in [-0.3, -0.25) is 0 Å². The van der Waals surface area contributed by atoms with Gasteiger partial charge in [0.15, 0.2) is 0 Å². The molecule has 0 saturated heterocycles. The van der Waals surface area contributed by atoms with Crippen molar-refractivity contribution in [3.8, 4) is 77.9 Å². The van der Waals surface area contributed by atoms with Gasteiger partial charge in [-0.25, -0.2) is 0 Å². The van der Waals surface area contributed by atoms with Crippen LogP contribution in [0.1, 0.15) is 12.0 Å². The second-order valence-corrected chi connectivity index (χ2v) is 20.5. The first-order valence-electron chi connectivity index (χ1n) is 27.8. The Balaban J connectivity index is 0.826.